The Morgan fingerprint density at radius 2 is 1.72 bits per heavy atom. The van der Waals surface area contributed by atoms with Crippen LogP contribution in [0.4, 0.5) is 5.69 Å². The molecular formula is C20H24N2O2S. The predicted molar refractivity (Wildman–Crippen MR) is 106 cm³/mol. The number of aryl methyl sites for hydroxylation is 2. The maximum Gasteiger partial charge on any atom is 0.257 e. The van der Waals surface area contributed by atoms with Gasteiger partial charge in [-0.05, 0) is 86.9 Å². The summed E-state index contributed by atoms with van der Waals surface area (Å²) in [5.41, 5.74) is 3.66. The fourth-order valence-electron chi connectivity index (χ4n) is 2.38. The number of benzene rings is 2. The molecule has 2 N–H and O–H groups in total. The van der Waals surface area contributed by atoms with Crippen LogP contribution in [-0.2, 0) is 0 Å². The van der Waals surface area contributed by atoms with E-state index in [-0.39, 0.29) is 17.1 Å². The van der Waals surface area contributed by atoms with Gasteiger partial charge in [0, 0.05) is 11.3 Å². The molecule has 1 amide bonds. The van der Waals surface area contributed by atoms with Gasteiger partial charge in [0.2, 0.25) is 0 Å². The maximum absolute atomic E-state index is 12.3. The molecule has 2 aromatic carbocycles. The maximum atomic E-state index is 12.3. The Balaban J connectivity index is 1.95. The number of carbonyl (C=O) groups is 1. The molecule has 0 fully saturated rings. The van der Waals surface area contributed by atoms with Crippen LogP contribution in [0.5, 0.6) is 5.75 Å². The third-order valence-electron chi connectivity index (χ3n) is 3.74. The molecule has 0 spiro atoms. The van der Waals surface area contributed by atoms with Crippen LogP contribution in [0.1, 0.15) is 41.8 Å². The fourth-order valence-corrected chi connectivity index (χ4v) is 2.60. The lowest BCUT2D eigenvalue weighted by Gasteiger charge is -2.13. The number of anilines is 1. The summed E-state index contributed by atoms with van der Waals surface area (Å²) in [6.45, 7) is 8.11. The Hall–Kier alpha value is -2.40. The van der Waals surface area contributed by atoms with Crippen LogP contribution in [0.15, 0.2) is 42.5 Å². The van der Waals surface area contributed by atoms with Crippen LogP contribution in [-0.4, -0.2) is 17.1 Å². The Morgan fingerprint density at radius 3 is 2.28 bits per heavy atom. The highest BCUT2D eigenvalue weighted by molar-refractivity contribution is 7.80. The number of amides is 1. The minimum absolute atomic E-state index is 0.147. The van der Waals surface area contributed by atoms with E-state index in [1.54, 1.807) is 24.3 Å². The topological polar surface area (TPSA) is 50.4 Å². The summed E-state index contributed by atoms with van der Waals surface area (Å²) in [7, 11) is 0. The van der Waals surface area contributed by atoms with E-state index in [9.17, 15) is 4.79 Å². The first-order valence-corrected chi connectivity index (χ1v) is 8.75. The molecule has 0 saturated heterocycles. The van der Waals surface area contributed by atoms with E-state index in [1.807, 2.05) is 32.9 Å². The molecule has 132 valence electrons. The first-order chi connectivity index (χ1) is 11.9. The Kier molecular flexibility index (Phi) is 6.53. The summed E-state index contributed by atoms with van der Waals surface area (Å²) in [5, 5.41) is 6.01. The third-order valence-corrected chi connectivity index (χ3v) is 3.94. The van der Waals surface area contributed by atoms with E-state index in [1.165, 1.54) is 0 Å². The highest BCUT2D eigenvalue weighted by Crippen LogP contribution is 2.16. The first kappa shape index (κ1) is 18.9. The van der Waals surface area contributed by atoms with Crippen LogP contribution in [0.3, 0.4) is 0 Å². The van der Waals surface area contributed by atoms with E-state index in [0.29, 0.717) is 5.56 Å². The molecule has 0 aliphatic heterocycles. The van der Waals surface area contributed by atoms with Crippen molar-refractivity contribution in [2.45, 2.75) is 40.2 Å². The second-order valence-corrected chi connectivity index (χ2v) is 6.55. The van der Waals surface area contributed by atoms with Crippen molar-refractivity contribution in [3.05, 3.63) is 59.2 Å². The molecule has 5 heteroatoms. The summed E-state index contributed by atoms with van der Waals surface area (Å²) in [6, 6.07) is 13.1. The number of hydrogen-bond donors (Lipinski definition) is 2. The largest absolute Gasteiger partial charge is 0.491 e. The number of thiocarbonyl (C=S) groups is 1. The molecule has 0 radical (unpaired) electrons. The number of nitrogens with one attached hydrogen (secondary N) is 2. The summed E-state index contributed by atoms with van der Waals surface area (Å²) in [5.74, 6) is 0.499. The van der Waals surface area contributed by atoms with E-state index < -0.39 is 0 Å². The third kappa shape index (κ3) is 5.87. The Bertz CT molecular complexity index is 737. The van der Waals surface area contributed by atoms with Crippen molar-refractivity contribution in [2.24, 2.45) is 0 Å². The van der Waals surface area contributed by atoms with Gasteiger partial charge in [0.25, 0.3) is 5.91 Å². The summed E-state index contributed by atoms with van der Waals surface area (Å²) >= 11 is 5.23. The van der Waals surface area contributed by atoms with Crippen molar-refractivity contribution in [3.63, 3.8) is 0 Å². The van der Waals surface area contributed by atoms with Gasteiger partial charge in [-0.15, -0.1) is 0 Å². The molecule has 2 aromatic rings. The monoisotopic (exact) mass is 356 g/mol. The summed E-state index contributed by atoms with van der Waals surface area (Å²) in [4.78, 5) is 12.3. The Labute approximate surface area is 154 Å². The molecule has 0 aromatic heterocycles. The van der Waals surface area contributed by atoms with E-state index >= 15 is 0 Å². The zero-order valence-electron chi connectivity index (χ0n) is 15.1. The summed E-state index contributed by atoms with van der Waals surface area (Å²) < 4.78 is 5.71. The lowest BCUT2D eigenvalue weighted by Crippen LogP contribution is -2.34. The van der Waals surface area contributed by atoms with Crippen molar-refractivity contribution in [2.75, 3.05) is 5.32 Å². The molecule has 4 nitrogen and oxygen atoms in total. The van der Waals surface area contributed by atoms with Gasteiger partial charge >= 0.3 is 0 Å². The van der Waals surface area contributed by atoms with Crippen LogP contribution >= 0.6 is 12.2 Å². The lowest BCUT2D eigenvalue weighted by atomic mass is 10.1. The number of carbonyl (C=O) groups excluding carboxylic acids is 1. The molecule has 1 atom stereocenters. The van der Waals surface area contributed by atoms with Gasteiger partial charge in [-0.3, -0.25) is 10.1 Å². The van der Waals surface area contributed by atoms with Gasteiger partial charge in [-0.25, -0.2) is 0 Å². The minimum atomic E-state index is -0.253. The van der Waals surface area contributed by atoms with E-state index in [2.05, 4.69) is 23.6 Å². The van der Waals surface area contributed by atoms with Crippen molar-refractivity contribution in [3.8, 4) is 5.75 Å². The van der Waals surface area contributed by atoms with E-state index in [0.717, 1.165) is 29.0 Å². The number of ether oxygens (including phenoxy) is 1. The smallest absolute Gasteiger partial charge is 0.257 e. The van der Waals surface area contributed by atoms with Crippen molar-refractivity contribution in [1.82, 2.24) is 5.32 Å². The zero-order valence-corrected chi connectivity index (χ0v) is 15.9. The molecular weight excluding hydrogens is 332 g/mol. The highest BCUT2D eigenvalue weighted by Gasteiger charge is 2.09. The van der Waals surface area contributed by atoms with Crippen molar-refractivity contribution >= 4 is 28.9 Å². The minimum Gasteiger partial charge on any atom is -0.491 e. The zero-order chi connectivity index (χ0) is 18.4. The lowest BCUT2D eigenvalue weighted by molar-refractivity contribution is 0.0977. The van der Waals surface area contributed by atoms with Gasteiger partial charge < -0.3 is 10.1 Å². The summed E-state index contributed by atoms with van der Waals surface area (Å²) in [6.07, 6.45) is 1.08. The van der Waals surface area contributed by atoms with Crippen molar-refractivity contribution < 1.29 is 9.53 Å². The van der Waals surface area contributed by atoms with Crippen LogP contribution in [0.2, 0.25) is 0 Å². The fraction of sp³-hybridized carbons (Fsp3) is 0.300. The molecule has 0 heterocycles. The highest BCUT2D eigenvalue weighted by atomic mass is 32.1. The molecule has 0 aliphatic rings. The van der Waals surface area contributed by atoms with Gasteiger partial charge in [0.15, 0.2) is 5.11 Å². The van der Waals surface area contributed by atoms with Crippen LogP contribution in [0.25, 0.3) is 0 Å². The first-order valence-electron chi connectivity index (χ1n) is 8.34. The van der Waals surface area contributed by atoms with Gasteiger partial charge in [-0.1, -0.05) is 13.0 Å². The number of hydrogen-bond acceptors (Lipinski definition) is 3. The quantitative estimate of drug-likeness (QED) is 0.768. The standard InChI is InChI=1S/C20H24N2O2S/c1-5-15(4)24-18-8-6-16(7-9-18)19(23)22-20(25)21-17-11-13(2)10-14(3)12-17/h6-12,15H,5H2,1-4H3,(H2,21,22,23,25). The molecule has 25 heavy (non-hydrogen) atoms. The molecule has 0 saturated carbocycles. The molecule has 1 unspecified atom stereocenters. The van der Waals surface area contributed by atoms with Gasteiger partial charge in [0.05, 0.1) is 6.10 Å². The SMILES string of the molecule is CCC(C)Oc1ccc(C(=O)NC(=S)Nc2cc(C)cc(C)c2)cc1. The average Bonchev–Trinajstić information content (AvgIpc) is 2.54. The second kappa shape index (κ2) is 8.62. The average molecular weight is 356 g/mol. The van der Waals surface area contributed by atoms with Crippen molar-refractivity contribution in [1.29, 1.82) is 0 Å². The normalized spacial score (nSPS) is 11.5. The molecule has 0 bridgehead atoms. The molecule has 2 rings (SSSR count). The predicted octanol–water partition coefficient (Wildman–Crippen LogP) is 4.61. The molecule has 0 aliphatic carbocycles. The van der Waals surface area contributed by atoms with Crippen LogP contribution in [0, 0.1) is 13.8 Å². The van der Waals surface area contributed by atoms with Gasteiger partial charge in [-0.2, -0.15) is 0 Å². The van der Waals surface area contributed by atoms with Gasteiger partial charge in [0.1, 0.15) is 5.75 Å². The second-order valence-electron chi connectivity index (χ2n) is 6.15. The number of rotatable bonds is 5. The van der Waals surface area contributed by atoms with Crippen LogP contribution < -0.4 is 15.4 Å². The van der Waals surface area contributed by atoms with E-state index in [4.69, 9.17) is 17.0 Å². The Morgan fingerprint density at radius 1 is 1.12 bits per heavy atom.